The molecule has 3 N–H and O–H groups in total. The SMILES string of the molecule is CCCS(=O)(=O)CC(=O)NC(CN)CC(C)C. The van der Waals surface area contributed by atoms with Crippen molar-refractivity contribution in [1.29, 1.82) is 0 Å². The van der Waals surface area contributed by atoms with Crippen LogP contribution in [0.15, 0.2) is 0 Å². The molecule has 102 valence electrons. The van der Waals surface area contributed by atoms with E-state index in [0.29, 0.717) is 18.9 Å². The Bertz CT molecular complexity index is 326. The van der Waals surface area contributed by atoms with Gasteiger partial charge in [0.1, 0.15) is 5.75 Å². The summed E-state index contributed by atoms with van der Waals surface area (Å²) < 4.78 is 22.9. The van der Waals surface area contributed by atoms with Gasteiger partial charge in [0.2, 0.25) is 5.91 Å². The highest BCUT2D eigenvalue weighted by Crippen LogP contribution is 2.03. The molecular formula is C11H24N2O3S. The van der Waals surface area contributed by atoms with Crippen LogP contribution < -0.4 is 11.1 Å². The lowest BCUT2D eigenvalue weighted by atomic mass is 10.0. The van der Waals surface area contributed by atoms with Gasteiger partial charge in [-0.3, -0.25) is 4.79 Å². The molecule has 5 nitrogen and oxygen atoms in total. The van der Waals surface area contributed by atoms with Crippen LogP contribution >= 0.6 is 0 Å². The summed E-state index contributed by atoms with van der Waals surface area (Å²) in [6, 6.07) is -0.140. The van der Waals surface area contributed by atoms with Crippen molar-refractivity contribution >= 4 is 15.7 Å². The Labute approximate surface area is 104 Å². The van der Waals surface area contributed by atoms with E-state index < -0.39 is 21.5 Å². The standard InChI is InChI=1S/C11H24N2O3S/c1-4-5-17(15,16)8-11(14)13-10(7-12)6-9(2)3/h9-10H,4-8,12H2,1-3H3,(H,13,14). The molecule has 0 bridgehead atoms. The highest BCUT2D eigenvalue weighted by atomic mass is 32.2. The number of nitrogens with two attached hydrogens (primary N) is 1. The fourth-order valence-corrected chi connectivity index (χ4v) is 2.88. The lowest BCUT2D eigenvalue weighted by molar-refractivity contribution is -0.119. The Hall–Kier alpha value is -0.620. The van der Waals surface area contributed by atoms with E-state index in [2.05, 4.69) is 5.32 Å². The first-order chi connectivity index (χ1) is 7.80. The largest absolute Gasteiger partial charge is 0.351 e. The molecule has 0 aromatic carbocycles. The van der Waals surface area contributed by atoms with Crippen molar-refractivity contribution in [3.8, 4) is 0 Å². The van der Waals surface area contributed by atoms with Crippen molar-refractivity contribution in [3.63, 3.8) is 0 Å². The summed E-state index contributed by atoms with van der Waals surface area (Å²) >= 11 is 0. The Morgan fingerprint density at radius 1 is 1.35 bits per heavy atom. The van der Waals surface area contributed by atoms with Crippen LogP contribution in [-0.4, -0.2) is 38.4 Å². The molecule has 0 aliphatic heterocycles. The first-order valence-electron chi connectivity index (χ1n) is 6.00. The van der Waals surface area contributed by atoms with Crippen LogP contribution in [0.1, 0.15) is 33.6 Å². The summed E-state index contributed by atoms with van der Waals surface area (Å²) in [4.78, 5) is 11.5. The van der Waals surface area contributed by atoms with Crippen molar-refractivity contribution in [2.24, 2.45) is 11.7 Å². The molecule has 0 saturated carbocycles. The van der Waals surface area contributed by atoms with Gasteiger partial charge in [-0.1, -0.05) is 20.8 Å². The van der Waals surface area contributed by atoms with Crippen molar-refractivity contribution in [1.82, 2.24) is 5.32 Å². The molecule has 0 heterocycles. The van der Waals surface area contributed by atoms with Gasteiger partial charge in [-0.15, -0.1) is 0 Å². The molecular weight excluding hydrogens is 240 g/mol. The fraction of sp³-hybridized carbons (Fsp3) is 0.909. The highest BCUT2D eigenvalue weighted by molar-refractivity contribution is 7.92. The van der Waals surface area contributed by atoms with Crippen LogP contribution in [0.5, 0.6) is 0 Å². The molecule has 0 aliphatic rings. The average molecular weight is 264 g/mol. The molecule has 0 aromatic heterocycles. The van der Waals surface area contributed by atoms with E-state index in [9.17, 15) is 13.2 Å². The Kier molecular flexibility index (Phi) is 7.38. The number of nitrogens with one attached hydrogen (secondary N) is 1. The van der Waals surface area contributed by atoms with Crippen LogP contribution in [0.25, 0.3) is 0 Å². The normalized spacial score (nSPS) is 13.7. The number of carbonyl (C=O) groups excluding carboxylic acids is 1. The van der Waals surface area contributed by atoms with Gasteiger partial charge in [0.15, 0.2) is 9.84 Å². The molecule has 6 heteroatoms. The van der Waals surface area contributed by atoms with Crippen LogP contribution in [0.2, 0.25) is 0 Å². The lowest BCUT2D eigenvalue weighted by Crippen LogP contribution is -2.43. The molecule has 0 fully saturated rings. The first-order valence-corrected chi connectivity index (χ1v) is 7.82. The molecule has 0 radical (unpaired) electrons. The number of sulfone groups is 1. The molecule has 17 heavy (non-hydrogen) atoms. The van der Waals surface area contributed by atoms with Crippen LogP contribution in [-0.2, 0) is 14.6 Å². The number of rotatable bonds is 8. The molecule has 0 spiro atoms. The summed E-state index contributed by atoms with van der Waals surface area (Å²) in [5.74, 6) is -0.418. The van der Waals surface area contributed by atoms with Gasteiger partial charge in [0, 0.05) is 12.6 Å². The molecule has 0 saturated heterocycles. The lowest BCUT2D eigenvalue weighted by Gasteiger charge is -2.18. The van der Waals surface area contributed by atoms with Gasteiger partial charge in [-0.05, 0) is 18.8 Å². The van der Waals surface area contributed by atoms with Gasteiger partial charge in [0.05, 0.1) is 5.75 Å². The molecule has 0 aromatic rings. The third-order valence-electron chi connectivity index (χ3n) is 2.27. The van der Waals surface area contributed by atoms with Crippen molar-refractivity contribution in [2.75, 3.05) is 18.1 Å². The van der Waals surface area contributed by atoms with Gasteiger partial charge in [0.25, 0.3) is 0 Å². The first kappa shape index (κ1) is 16.4. The van der Waals surface area contributed by atoms with Crippen LogP contribution in [0, 0.1) is 5.92 Å². The average Bonchev–Trinajstić information content (AvgIpc) is 2.14. The number of hydrogen-bond donors (Lipinski definition) is 2. The number of carbonyl (C=O) groups is 1. The van der Waals surface area contributed by atoms with E-state index >= 15 is 0 Å². The zero-order valence-electron chi connectivity index (χ0n) is 10.9. The van der Waals surface area contributed by atoms with Crippen molar-refractivity contribution < 1.29 is 13.2 Å². The quantitative estimate of drug-likeness (QED) is 0.660. The summed E-state index contributed by atoms with van der Waals surface area (Å²) in [5.41, 5.74) is 5.53. The summed E-state index contributed by atoms with van der Waals surface area (Å²) in [5, 5.41) is 2.67. The van der Waals surface area contributed by atoms with E-state index in [1.165, 1.54) is 0 Å². The second kappa shape index (κ2) is 7.66. The highest BCUT2D eigenvalue weighted by Gasteiger charge is 2.18. The van der Waals surface area contributed by atoms with Gasteiger partial charge in [-0.2, -0.15) is 0 Å². The second-order valence-electron chi connectivity index (χ2n) is 4.72. The Morgan fingerprint density at radius 3 is 2.35 bits per heavy atom. The van der Waals surface area contributed by atoms with Crippen LogP contribution in [0.3, 0.4) is 0 Å². The zero-order valence-corrected chi connectivity index (χ0v) is 11.7. The van der Waals surface area contributed by atoms with Gasteiger partial charge >= 0.3 is 0 Å². The summed E-state index contributed by atoms with van der Waals surface area (Å²) in [6.07, 6.45) is 1.29. The maximum atomic E-state index is 11.5. The van der Waals surface area contributed by atoms with E-state index in [-0.39, 0.29) is 11.8 Å². The van der Waals surface area contributed by atoms with Crippen molar-refractivity contribution in [2.45, 2.75) is 39.7 Å². The van der Waals surface area contributed by atoms with E-state index in [4.69, 9.17) is 5.73 Å². The van der Waals surface area contributed by atoms with E-state index in [0.717, 1.165) is 6.42 Å². The summed E-state index contributed by atoms with van der Waals surface area (Å²) in [7, 11) is -3.27. The molecule has 1 amide bonds. The fourth-order valence-electron chi connectivity index (χ4n) is 1.64. The maximum Gasteiger partial charge on any atom is 0.235 e. The maximum absolute atomic E-state index is 11.5. The van der Waals surface area contributed by atoms with E-state index in [1.54, 1.807) is 6.92 Å². The monoisotopic (exact) mass is 264 g/mol. The molecule has 0 rings (SSSR count). The van der Waals surface area contributed by atoms with Gasteiger partial charge in [-0.25, -0.2) is 8.42 Å². The minimum Gasteiger partial charge on any atom is -0.351 e. The Balaban J connectivity index is 4.24. The van der Waals surface area contributed by atoms with E-state index in [1.807, 2.05) is 13.8 Å². The minimum absolute atomic E-state index is 0.0535. The molecule has 1 unspecified atom stereocenters. The smallest absolute Gasteiger partial charge is 0.235 e. The summed E-state index contributed by atoms with van der Waals surface area (Å²) in [6.45, 7) is 6.17. The predicted octanol–water partition coefficient (Wildman–Crippen LogP) is 0.301. The van der Waals surface area contributed by atoms with Crippen LogP contribution in [0.4, 0.5) is 0 Å². The number of amides is 1. The molecule has 0 aliphatic carbocycles. The second-order valence-corrected chi connectivity index (χ2v) is 6.91. The van der Waals surface area contributed by atoms with Gasteiger partial charge < -0.3 is 11.1 Å². The topological polar surface area (TPSA) is 89.3 Å². The number of hydrogen-bond acceptors (Lipinski definition) is 4. The zero-order chi connectivity index (χ0) is 13.5. The third-order valence-corrected chi connectivity index (χ3v) is 4.00. The Morgan fingerprint density at radius 2 is 1.94 bits per heavy atom. The third kappa shape index (κ3) is 8.15. The molecule has 1 atom stereocenters. The minimum atomic E-state index is -3.27. The van der Waals surface area contributed by atoms with Crippen molar-refractivity contribution in [3.05, 3.63) is 0 Å². The predicted molar refractivity (Wildman–Crippen MR) is 69.4 cm³/mol.